The molecule has 0 aliphatic carbocycles. The average molecular weight is 240 g/mol. The predicted octanol–water partition coefficient (Wildman–Crippen LogP) is 2.17. The van der Waals surface area contributed by atoms with Crippen LogP contribution in [-0.4, -0.2) is 32.1 Å². The molecule has 0 aliphatic rings. The first-order valence-corrected chi connectivity index (χ1v) is 5.71. The van der Waals surface area contributed by atoms with Crippen LogP contribution >= 0.6 is 0 Å². The molecule has 1 aromatic rings. The highest BCUT2D eigenvalue weighted by Gasteiger charge is 2.17. The summed E-state index contributed by atoms with van der Waals surface area (Å²) >= 11 is 0. The van der Waals surface area contributed by atoms with Gasteiger partial charge in [0.2, 0.25) is 0 Å². The zero-order chi connectivity index (χ0) is 13.0. The Morgan fingerprint density at radius 1 is 1.41 bits per heavy atom. The molecule has 17 heavy (non-hydrogen) atoms. The number of nitrogens with two attached hydrogens (primary N) is 1. The maximum absolute atomic E-state index is 13.6. The molecule has 0 fully saturated rings. The molecule has 0 bridgehead atoms. The Morgan fingerprint density at radius 3 is 2.47 bits per heavy atom. The van der Waals surface area contributed by atoms with E-state index in [0.29, 0.717) is 0 Å². The smallest absolute Gasteiger partial charge is 0.165 e. The summed E-state index contributed by atoms with van der Waals surface area (Å²) in [6, 6.07) is 5.26. The van der Waals surface area contributed by atoms with Gasteiger partial charge >= 0.3 is 0 Å². The Labute approximate surface area is 102 Å². The fourth-order valence-corrected chi connectivity index (χ4v) is 1.89. The summed E-state index contributed by atoms with van der Waals surface area (Å²) in [5.41, 5.74) is 6.74. The third-order valence-electron chi connectivity index (χ3n) is 2.78. The Hall–Kier alpha value is -1.13. The van der Waals surface area contributed by atoms with Crippen LogP contribution in [0, 0.1) is 5.82 Å². The van der Waals surface area contributed by atoms with Gasteiger partial charge in [-0.1, -0.05) is 6.07 Å². The van der Waals surface area contributed by atoms with Crippen LogP contribution in [0.3, 0.4) is 0 Å². The topological polar surface area (TPSA) is 38.5 Å². The fraction of sp³-hybridized carbons (Fsp3) is 0.538. The molecule has 4 heteroatoms. The van der Waals surface area contributed by atoms with Crippen molar-refractivity contribution in [2.45, 2.75) is 25.4 Å². The van der Waals surface area contributed by atoms with E-state index in [2.05, 4.69) is 0 Å². The maximum Gasteiger partial charge on any atom is 0.165 e. The molecule has 0 aliphatic heterocycles. The first kappa shape index (κ1) is 13.9. The normalized spacial score (nSPS) is 14.8. The van der Waals surface area contributed by atoms with Gasteiger partial charge in [-0.15, -0.1) is 0 Å². The van der Waals surface area contributed by atoms with Gasteiger partial charge in [-0.05, 0) is 45.1 Å². The van der Waals surface area contributed by atoms with E-state index in [-0.39, 0.29) is 23.7 Å². The number of nitrogens with zero attached hydrogens (tertiary/aromatic N) is 1. The van der Waals surface area contributed by atoms with E-state index in [0.717, 1.165) is 12.0 Å². The van der Waals surface area contributed by atoms with Crippen LogP contribution in [0.15, 0.2) is 18.2 Å². The second-order valence-corrected chi connectivity index (χ2v) is 4.59. The summed E-state index contributed by atoms with van der Waals surface area (Å²) in [5, 5.41) is 0. The van der Waals surface area contributed by atoms with Crippen molar-refractivity contribution >= 4 is 0 Å². The Morgan fingerprint density at radius 2 is 2.06 bits per heavy atom. The fourth-order valence-electron chi connectivity index (χ4n) is 1.89. The Kier molecular flexibility index (Phi) is 4.90. The molecule has 3 nitrogen and oxygen atoms in total. The lowest BCUT2D eigenvalue weighted by Gasteiger charge is -2.26. The molecule has 0 amide bonds. The second kappa shape index (κ2) is 5.98. The predicted molar refractivity (Wildman–Crippen MR) is 67.6 cm³/mol. The lowest BCUT2D eigenvalue weighted by molar-refractivity contribution is 0.271. The highest BCUT2D eigenvalue weighted by Crippen LogP contribution is 2.27. The highest BCUT2D eigenvalue weighted by atomic mass is 19.1. The number of hydrogen-bond donors (Lipinski definition) is 1. The van der Waals surface area contributed by atoms with Crippen LogP contribution in [0.5, 0.6) is 5.75 Å². The molecule has 2 unspecified atom stereocenters. The number of halogens is 1. The molecule has 1 aromatic carbocycles. The molecule has 0 radical (unpaired) electrons. The van der Waals surface area contributed by atoms with Crippen molar-refractivity contribution in [3.63, 3.8) is 0 Å². The van der Waals surface area contributed by atoms with Crippen molar-refractivity contribution in [3.05, 3.63) is 29.6 Å². The van der Waals surface area contributed by atoms with E-state index in [1.54, 1.807) is 6.07 Å². The second-order valence-electron chi connectivity index (χ2n) is 4.59. The van der Waals surface area contributed by atoms with Crippen molar-refractivity contribution in [1.29, 1.82) is 0 Å². The standard InChI is InChI=1S/C13H21FN2O/c1-9(15)7-12(16(2)3)10-5-6-13(17-4)11(14)8-10/h5-6,8-9,12H,7,15H2,1-4H3. The molecule has 0 spiro atoms. The Balaban J connectivity index is 2.98. The first-order chi connectivity index (χ1) is 7.95. The summed E-state index contributed by atoms with van der Waals surface area (Å²) in [6.45, 7) is 1.95. The van der Waals surface area contributed by atoms with E-state index in [1.165, 1.54) is 13.2 Å². The number of benzene rings is 1. The highest BCUT2D eigenvalue weighted by molar-refractivity contribution is 5.31. The van der Waals surface area contributed by atoms with E-state index in [9.17, 15) is 4.39 Å². The summed E-state index contributed by atoms with van der Waals surface area (Å²) in [4.78, 5) is 2.05. The minimum Gasteiger partial charge on any atom is -0.494 e. The molecule has 0 heterocycles. The lowest BCUT2D eigenvalue weighted by Crippen LogP contribution is -2.27. The van der Waals surface area contributed by atoms with E-state index in [1.807, 2.05) is 32.0 Å². The molecule has 0 saturated carbocycles. The monoisotopic (exact) mass is 240 g/mol. The van der Waals surface area contributed by atoms with Gasteiger partial charge in [0, 0.05) is 12.1 Å². The van der Waals surface area contributed by atoms with Gasteiger partial charge in [0.1, 0.15) is 0 Å². The molecular weight excluding hydrogens is 219 g/mol. The van der Waals surface area contributed by atoms with Gasteiger partial charge in [0.25, 0.3) is 0 Å². The van der Waals surface area contributed by atoms with Gasteiger partial charge in [0.05, 0.1) is 7.11 Å². The third kappa shape index (κ3) is 3.68. The van der Waals surface area contributed by atoms with Crippen LogP contribution < -0.4 is 10.5 Å². The van der Waals surface area contributed by atoms with Crippen molar-refractivity contribution < 1.29 is 9.13 Å². The van der Waals surface area contributed by atoms with Gasteiger partial charge in [-0.2, -0.15) is 0 Å². The van der Waals surface area contributed by atoms with Gasteiger partial charge in [0.15, 0.2) is 11.6 Å². The summed E-state index contributed by atoms with van der Waals surface area (Å²) in [5.74, 6) is -0.0615. The first-order valence-electron chi connectivity index (χ1n) is 5.71. The Bertz CT molecular complexity index is 366. The van der Waals surface area contributed by atoms with Crippen molar-refractivity contribution in [2.24, 2.45) is 5.73 Å². The summed E-state index contributed by atoms with van der Waals surface area (Å²) in [7, 11) is 5.40. The van der Waals surface area contributed by atoms with Crippen molar-refractivity contribution in [3.8, 4) is 5.75 Å². The van der Waals surface area contributed by atoms with Crippen LogP contribution in [0.2, 0.25) is 0 Å². The van der Waals surface area contributed by atoms with Gasteiger partial charge in [-0.25, -0.2) is 4.39 Å². The van der Waals surface area contributed by atoms with Crippen LogP contribution in [0.25, 0.3) is 0 Å². The number of hydrogen-bond acceptors (Lipinski definition) is 3. The summed E-state index contributed by atoms with van der Waals surface area (Å²) < 4.78 is 18.5. The minimum absolute atomic E-state index is 0.0764. The third-order valence-corrected chi connectivity index (χ3v) is 2.78. The van der Waals surface area contributed by atoms with Crippen molar-refractivity contribution in [1.82, 2.24) is 4.90 Å². The molecule has 2 atom stereocenters. The number of ether oxygens (including phenoxy) is 1. The van der Waals surface area contributed by atoms with Crippen molar-refractivity contribution in [2.75, 3.05) is 21.2 Å². The molecule has 0 saturated heterocycles. The SMILES string of the molecule is COc1ccc(C(CC(C)N)N(C)C)cc1F. The zero-order valence-corrected chi connectivity index (χ0v) is 10.9. The molecular formula is C13H21FN2O. The van der Waals surface area contributed by atoms with Crippen LogP contribution in [-0.2, 0) is 0 Å². The van der Waals surface area contributed by atoms with Gasteiger partial charge in [-0.3, -0.25) is 0 Å². The molecule has 0 aromatic heterocycles. The van der Waals surface area contributed by atoms with Crippen LogP contribution in [0.4, 0.5) is 4.39 Å². The minimum atomic E-state index is -0.332. The van der Waals surface area contributed by atoms with E-state index in [4.69, 9.17) is 10.5 Å². The summed E-state index contributed by atoms with van der Waals surface area (Å²) in [6.07, 6.45) is 0.790. The molecule has 1 rings (SSSR count). The number of rotatable bonds is 5. The van der Waals surface area contributed by atoms with E-state index < -0.39 is 0 Å². The quantitative estimate of drug-likeness (QED) is 0.857. The van der Waals surface area contributed by atoms with Crippen LogP contribution in [0.1, 0.15) is 24.9 Å². The zero-order valence-electron chi connectivity index (χ0n) is 10.9. The average Bonchev–Trinajstić information content (AvgIpc) is 2.25. The largest absolute Gasteiger partial charge is 0.494 e. The molecule has 2 N–H and O–H groups in total. The number of methoxy groups -OCH3 is 1. The van der Waals surface area contributed by atoms with E-state index >= 15 is 0 Å². The lowest BCUT2D eigenvalue weighted by atomic mass is 9.99. The van der Waals surface area contributed by atoms with Gasteiger partial charge < -0.3 is 15.4 Å². The molecule has 96 valence electrons. The maximum atomic E-state index is 13.6.